The van der Waals surface area contributed by atoms with Crippen molar-refractivity contribution in [1.82, 2.24) is 4.90 Å². The van der Waals surface area contributed by atoms with Gasteiger partial charge in [0, 0.05) is 0 Å². The third-order valence-electron chi connectivity index (χ3n) is 3.80. The fourth-order valence-corrected chi connectivity index (χ4v) is 2.45. The number of carbonyl (C=O) groups is 4. The summed E-state index contributed by atoms with van der Waals surface area (Å²) in [4.78, 5) is 48.5. The maximum Gasteiger partial charge on any atom is 0.317 e. The predicted molar refractivity (Wildman–Crippen MR) is 91.2 cm³/mol. The second-order valence-corrected chi connectivity index (χ2v) is 5.37. The number of rotatable bonds is 8. The zero-order chi connectivity index (χ0) is 20.0. The van der Waals surface area contributed by atoms with Crippen molar-refractivity contribution in [2.24, 2.45) is 0 Å². The van der Waals surface area contributed by atoms with E-state index < -0.39 is 30.2 Å². The Labute approximate surface area is 155 Å². The molecule has 1 heterocycles. The second-order valence-electron chi connectivity index (χ2n) is 5.37. The van der Waals surface area contributed by atoms with Crippen molar-refractivity contribution in [3.63, 3.8) is 0 Å². The van der Waals surface area contributed by atoms with Gasteiger partial charge < -0.3 is 18.9 Å². The van der Waals surface area contributed by atoms with Crippen LogP contribution in [0.5, 0.6) is 5.75 Å². The van der Waals surface area contributed by atoms with Gasteiger partial charge in [0.2, 0.25) is 0 Å². The molecule has 2 amide bonds. The van der Waals surface area contributed by atoms with Crippen LogP contribution in [0.3, 0.4) is 0 Å². The molecule has 0 aromatic heterocycles. The smallest absolute Gasteiger partial charge is 0.317 e. The van der Waals surface area contributed by atoms with E-state index in [1.54, 1.807) is 24.3 Å². The summed E-state index contributed by atoms with van der Waals surface area (Å²) >= 11 is 0. The van der Waals surface area contributed by atoms with Crippen molar-refractivity contribution >= 4 is 29.3 Å². The van der Waals surface area contributed by atoms with Gasteiger partial charge in [-0.1, -0.05) is 12.1 Å². The molecular formula is C18H19NO8. The Morgan fingerprint density at radius 1 is 0.926 bits per heavy atom. The Morgan fingerprint density at radius 3 is 2.15 bits per heavy atom. The molecule has 144 valence electrons. The summed E-state index contributed by atoms with van der Waals surface area (Å²) < 4.78 is 19.4. The highest BCUT2D eigenvalue weighted by Gasteiger charge is 2.40. The first-order chi connectivity index (χ1) is 12.9. The van der Waals surface area contributed by atoms with Crippen LogP contribution in [0.2, 0.25) is 0 Å². The molecule has 0 bridgehead atoms. The minimum atomic E-state index is -0.809. The van der Waals surface area contributed by atoms with Crippen LogP contribution in [0, 0.1) is 0 Å². The standard InChI is InChI=1S/C18H19NO8/c1-24-12-6-4-11(5-7-12)15-16(26-3)18(23)19(17(15)22)8-9-27-14(21)10-13(20)25-2/h4-7H,8-10H2,1-3H3. The molecule has 2 rings (SSSR count). The SMILES string of the molecule is COC(=O)CC(=O)OCCN1C(=O)C(OC)=C(c2ccc(OC)cc2)C1=O. The molecule has 0 saturated carbocycles. The van der Waals surface area contributed by atoms with Gasteiger partial charge in [0.1, 0.15) is 18.8 Å². The maximum absolute atomic E-state index is 12.7. The zero-order valence-electron chi connectivity index (χ0n) is 15.1. The first kappa shape index (κ1) is 20.0. The van der Waals surface area contributed by atoms with E-state index in [0.717, 1.165) is 12.0 Å². The molecule has 1 aromatic rings. The Morgan fingerprint density at radius 2 is 1.59 bits per heavy atom. The number of hydrogen-bond acceptors (Lipinski definition) is 8. The lowest BCUT2D eigenvalue weighted by molar-refractivity contribution is -0.155. The average molecular weight is 377 g/mol. The van der Waals surface area contributed by atoms with Crippen molar-refractivity contribution < 1.29 is 38.1 Å². The Kier molecular flexibility index (Phi) is 6.53. The first-order valence-corrected chi connectivity index (χ1v) is 7.94. The van der Waals surface area contributed by atoms with Gasteiger partial charge in [-0.3, -0.25) is 24.1 Å². The third kappa shape index (κ3) is 4.43. The molecule has 0 aliphatic carbocycles. The largest absolute Gasteiger partial charge is 0.497 e. The highest BCUT2D eigenvalue weighted by Crippen LogP contribution is 2.30. The lowest BCUT2D eigenvalue weighted by atomic mass is 10.1. The summed E-state index contributed by atoms with van der Waals surface area (Å²) in [6.45, 7) is -0.419. The average Bonchev–Trinajstić information content (AvgIpc) is 2.91. The molecule has 9 heteroatoms. The molecule has 0 radical (unpaired) electrons. The van der Waals surface area contributed by atoms with E-state index in [2.05, 4.69) is 4.74 Å². The lowest BCUT2D eigenvalue weighted by Crippen LogP contribution is -2.35. The molecule has 0 saturated heterocycles. The summed E-state index contributed by atoms with van der Waals surface area (Å²) in [5.41, 5.74) is 0.613. The number of benzene rings is 1. The molecule has 1 aliphatic rings. The van der Waals surface area contributed by atoms with Crippen molar-refractivity contribution in [2.75, 3.05) is 34.5 Å². The first-order valence-electron chi connectivity index (χ1n) is 7.94. The molecule has 0 N–H and O–H groups in total. The van der Waals surface area contributed by atoms with Crippen LogP contribution in [0.15, 0.2) is 30.0 Å². The van der Waals surface area contributed by atoms with Crippen molar-refractivity contribution in [1.29, 1.82) is 0 Å². The number of methoxy groups -OCH3 is 3. The van der Waals surface area contributed by atoms with Crippen molar-refractivity contribution in [3.8, 4) is 5.75 Å². The van der Waals surface area contributed by atoms with Crippen LogP contribution in [-0.2, 0) is 33.4 Å². The van der Waals surface area contributed by atoms with Gasteiger partial charge >= 0.3 is 11.9 Å². The summed E-state index contributed by atoms with van der Waals surface area (Å²) in [6.07, 6.45) is -0.545. The molecular weight excluding hydrogens is 358 g/mol. The van der Waals surface area contributed by atoms with E-state index in [4.69, 9.17) is 14.2 Å². The minimum absolute atomic E-state index is 0.0916. The minimum Gasteiger partial charge on any atom is -0.497 e. The summed E-state index contributed by atoms with van der Waals surface area (Å²) in [6, 6.07) is 6.59. The van der Waals surface area contributed by atoms with E-state index in [-0.39, 0.29) is 24.5 Å². The van der Waals surface area contributed by atoms with Gasteiger partial charge in [0.05, 0.1) is 33.4 Å². The number of ether oxygens (including phenoxy) is 4. The summed E-state index contributed by atoms with van der Waals surface area (Å²) in [5.74, 6) is -2.23. The van der Waals surface area contributed by atoms with Gasteiger partial charge in [-0.25, -0.2) is 0 Å². The number of carbonyl (C=O) groups excluding carboxylic acids is 4. The number of esters is 2. The van der Waals surface area contributed by atoms with E-state index in [9.17, 15) is 19.2 Å². The number of imide groups is 1. The third-order valence-corrected chi connectivity index (χ3v) is 3.80. The van der Waals surface area contributed by atoms with Gasteiger partial charge in [0.25, 0.3) is 11.8 Å². The monoisotopic (exact) mass is 377 g/mol. The number of hydrogen-bond donors (Lipinski definition) is 0. The summed E-state index contributed by atoms with van der Waals surface area (Å²) in [5, 5.41) is 0. The van der Waals surface area contributed by atoms with E-state index in [1.165, 1.54) is 14.2 Å². The van der Waals surface area contributed by atoms with Crippen LogP contribution in [0.1, 0.15) is 12.0 Å². The van der Waals surface area contributed by atoms with E-state index >= 15 is 0 Å². The highest BCUT2D eigenvalue weighted by molar-refractivity contribution is 6.35. The van der Waals surface area contributed by atoms with E-state index in [0.29, 0.717) is 11.3 Å². The maximum atomic E-state index is 12.7. The fraction of sp³-hybridized carbons (Fsp3) is 0.333. The normalized spacial score (nSPS) is 13.7. The van der Waals surface area contributed by atoms with E-state index in [1.807, 2.05) is 0 Å². The highest BCUT2D eigenvalue weighted by atomic mass is 16.5. The number of amides is 2. The van der Waals surface area contributed by atoms with Crippen LogP contribution < -0.4 is 4.74 Å². The Hall–Kier alpha value is -3.36. The fourth-order valence-electron chi connectivity index (χ4n) is 2.45. The van der Waals surface area contributed by atoms with Crippen molar-refractivity contribution in [3.05, 3.63) is 35.6 Å². The topological polar surface area (TPSA) is 108 Å². The molecule has 1 aromatic carbocycles. The molecule has 27 heavy (non-hydrogen) atoms. The van der Waals surface area contributed by atoms with Crippen LogP contribution in [0.25, 0.3) is 5.57 Å². The predicted octanol–water partition coefficient (Wildman–Crippen LogP) is 0.528. The van der Waals surface area contributed by atoms with Gasteiger partial charge in [-0.15, -0.1) is 0 Å². The zero-order valence-corrected chi connectivity index (χ0v) is 15.1. The van der Waals surface area contributed by atoms with Gasteiger partial charge in [-0.05, 0) is 17.7 Å². The van der Waals surface area contributed by atoms with Gasteiger partial charge in [0.15, 0.2) is 5.76 Å². The van der Waals surface area contributed by atoms with Gasteiger partial charge in [-0.2, -0.15) is 0 Å². The number of nitrogens with zero attached hydrogens (tertiary/aromatic N) is 1. The molecule has 0 unspecified atom stereocenters. The Balaban J connectivity index is 2.07. The Bertz CT molecular complexity index is 781. The van der Waals surface area contributed by atoms with Crippen molar-refractivity contribution in [2.45, 2.75) is 6.42 Å². The molecule has 0 spiro atoms. The summed E-state index contributed by atoms with van der Waals surface area (Å²) in [7, 11) is 3.96. The molecule has 1 aliphatic heterocycles. The molecule has 0 fully saturated rings. The van der Waals surface area contributed by atoms with Crippen LogP contribution in [0.4, 0.5) is 0 Å². The van der Waals surface area contributed by atoms with Crippen LogP contribution in [-0.4, -0.2) is 63.1 Å². The molecule has 9 nitrogen and oxygen atoms in total. The quantitative estimate of drug-likeness (QED) is 0.367. The lowest BCUT2D eigenvalue weighted by Gasteiger charge is -2.14. The second kappa shape index (κ2) is 8.84. The molecule has 0 atom stereocenters. The van der Waals surface area contributed by atoms with Crippen LogP contribution >= 0.6 is 0 Å².